The standard InChI is InChI=1S/C23H30FN5O3/c1-17-4-6-19(14-26-17)27-22(31)28-21-12-18(5-7-20(21)24)13-23(8-3-10-25-15-23)9-11-32-29(2)16-30/h4-7,12,14,16,25H,3,8-11,13,15H2,1-2H3,(H2,27,28,31)/t23-/m0/s1. The van der Waals surface area contributed by atoms with Gasteiger partial charge < -0.3 is 16.0 Å². The third kappa shape index (κ3) is 6.73. The molecule has 1 fully saturated rings. The first-order chi connectivity index (χ1) is 15.4. The van der Waals surface area contributed by atoms with Gasteiger partial charge in [-0.1, -0.05) is 6.07 Å². The molecule has 172 valence electrons. The lowest BCUT2D eigenvalue weighted by Gasteiger charge is -2.38. The number of benzene rings is 1. The molecular formula is C23H30FN5O3. The Bertz CT molecular complexity index is 916. The van der Waals surface area contributed by atoms with Crippen molar-refractivity contribution >= 4 is 23.8 Å². The first-order valence-electron chi connectivity index (χ1n) is 10.7. The Morgan fingerprint density at radius 1 is 1.34 bits per heavy atom. The Labute approximate surface area is 187 Å². The SMILES string of the molecule is Cc1ccc(NC(=O)Nc2cc(C[C@@]3(CCON(C)C=O)CCCNC3)ccc2F)cn1. The van der Waals surface area contributed by atoms with Crippen LogP contribution in [0.4, 0.5) is 20.6 Å². The van der Waals surface area contributed by atoms with Crippen LogP contribution in [0.2, 0.25) is 0 Å². The number of nitrogens with one attached hydrogen (secondary N) is 3. The highest BCUT2D eigenvalue weighted by molar-refractivity contribution is 5.99. The first-order valence-corrected chi connectivity index (χ1v) is 10.7. The van der Waals surface area contributed by atoms with Crippen LogP contribution in [0.15, 0.2) is 36.5 Å². The predicted molar refractivity (Wildman–Crippen MR) is 121 cm³/mol. The highest BCUT2D eigenvalue weighted by Gasteiger charge is 2.32. The summed E-state index contributed by atoms with van der Waals surface area (Å²) < 4.78 is 14.4. The van der Waals surface area contributed by atoms with Gasteiger partial charge in [0.2, 0.25) is 6.41 Å². The third-order valence-corrected chi connectivity index (χ3v) is 5.66. The maximum absolute atomic E-state index is 14.4. The largest absolute Gasteiger partial charge is 0.323 e. The van der Waals surface area contributed by atoms with Crippen LogP contribution in [0.1, 0.15) is 30.5 Å². The molecule has 1 aliphatic heterocycles. The molecule has 0 unspecified atom stereocenters. The van der Waals surface area contributed by atoms with Gasteiger partial charge in [0.05, 0.1) is 24.2 Å². The van der Waals surface area contributed by atoms with Gasteiger partial charge >= 0.3 is 6.03 Å². The minimum atomic E-state index is -0.536. The Balaban J connectivity index is 1.67. The van der Waals surface area contributed by atoms with Gasteiger partial charge in [0.25, 0.3) is 0 Å². The Morgan fingerprint density at radius 3 is 2.88 bits per heavy atom. The van der Waals surface area contributed by atoms with Crippen LogP contribution in [-0.2, 0) is 16.1 Å². The molecule has 8 nitrogen and oxygen atoms in total. The smallest absolute Gasteiger partial charge is 0.316 e. The van der Waals surface area contributed by atoms with Gasteiger partial charge in [-0.05, 0) is 74.4 Å². The molecule has 0 radical (unpaired) electrons. The number of pyridine rings is 1. The quantitative estimate of drug-likeness (QED) is 0.407. The highest BCUT2D eigenvalue weighted by Crippen LogP contribution is 2.35. The van der Waals surface area contributed by atoms with E-state index < -0.39 is 11.8 Å². The number of hydrogen-bond acceptors (Lipinski definition) is 5. The monoisotopic (exact) mass is 443 g/mol. The summed E-state index contributed by atoms with van der Waals surface area (Å²) in [4.78, 5) is 32.6. The molecule has 3 amide bonds. The van der Waals surface area contributed by atoms with E-state index in [0.717, 1.165) is 48.7 Å². The predicted octanol–water partition coefficient (Wildman–Crippen LogP) is 3.50. The van der Waals surface area contributed by atoms with Crippen molar-refractivity contribution in [2.45, 2.75) is 32.6 Å². The number of halogens is 1. The fourth-order valence-corrected chi connectivity index (χ4v) is 3.96. The van der Waals surface area contributed by atoms with Crippen molar-refractivity contribution < 1.29 is 18.8 Å². The number of nitrogens with zero attached hydrogens (tertiary/aromatic N) is 2. The Morgan fingerprint density at radius 2 is 2.19 bits per heavy atom. The van der Waals surface area contributed by atoms with Crippen LogP contribution in [0.25, 0.3) is 0 Å². The number of carbonyl (C=O) groups is 2. The van der Waals surface area contributed by atoms with Gasteiger partial charge in [-0.25, -0.2) is 14.2 Å². The number of hydrogen-bond donors (Lipinski definition) is 3. The van der Waals surface area contributed by atoms with E-state index in [9.17, 15) is 14.0 Å². The summed E-state index contributed by atoms with van der Waals surface area (Å²) >= 11 is 0. The third-order valence-electron chi connectivity index (χ3n) is 5.66. The number of hydroxylamine groups is 2. The van der Waals surface area contributed by atoms with E-state index in [1.807, 2.05) is 6.92 Å². The molecule has 32 heavy (non-hydrogen) atoms. The van der Waals surface area contributed by atoms with Gasteiger partial charge in [0.15, 0.2) is 0 Å². The lowest BCUT2D eigenvalue weighted by Crippen LogP contribution is -2.42. The molecule has 2 heterocycles. The summed E-state index contributed by atoms with van der Waals surface area (Å²) in [6, 6.07) is 7.78. The molecule has 1 aromatic heterocycles. The van der Waals surface area contributed by atoms with E-state index in [1.165, 1.54) is 6.07 Å². The number of piperidine rings is 1. The normalized spacial score (nSPS) is 18.1. The number of aryl methyl sites for hydroxylation is 1. The fraction of sp³-hybridized carbons (Fsp3) is 0.435. The average Bonchev–Trinajstić information content (AvgIpc) is 2.78. The zero-order valence-electron chi connectivity index (χ0n) is 18.5. The number of carbonyl (C=O) groups excluding carboxylic acids is 2. The molecule has 1 saturated heterocycles. The second-order valence-electron chi connectivity index (χ2n) is 8.27. The number of amides is 3. The number of rotatable bonds is 9. The second kappa shape index (κ2) is 11.0. The van der Waals surface area contributed by atoms with Crippen LogP contribution in [0.5, 0.6) is 0 Å². The number of aromatic nitrogens is 1. The van der Waals surface area contributed by atoms with E-state index in [2.05, 4.69) is 20.9 Å². The molecule has 3 rings (SSSR count). The van der Waals surface area contributed by atoms with Crippen LogP contribution < -0.4 is 16.0 Å². The van der Waals surface area contributed by atoms with Crippen molar-refractivity contribution in [2.75, 3.05) is 37.4 Å². The van der Waals surface area contributed by atoms with Crippen LogP contribution >= 0.6 is 0 Å². The molecule has 3 N–H and O–H groups in total. The summed E-state index contributed by atoms with van der Waals surface area (Å²) in [5, 5.41) is 9.85. The van der Waals surface area contributed by atoms with Crippen molar-refractivity contribution in [3.63, 3.8) is 0 Å². The van der Waals surface area contributed by atoms with Gasteiger partial charge in [-0.3, -0.25) is 14.6 Å². The lowest BCUT2D eigenvalue weighted by atomic mass is 9.73. The summed E-state index contributed by atoms with van der Waals surface area (Å²) in [7, 11) is 1.56. The molecule has 0 saturated carbocycles. The van der Waals surface area contributed by atoms with E-state index in [0.29, 0.717) is 25.1 Å². The molecule has 9 heteroatoms. The minimum absolute atomic E-state index is 0.0765. The van der Waals surface area contributed by atoms with Gasteiger partial charge in [0, 0.05) is 19.3 Å². The molecular weight excluding hydrogens is 413 g/mol. The highest BCUT2D eigenvalue weighted by atomic mass is 19.1. The van der Waals surface area contributed by atoms with Crippen molar-refractivity contribution in [1.29, 1.82) is 0 Å². The topological polar surface area (TPSA) is 95.6 Å². The molecule has 0 bridgehead atoms. The number of urea groups is 1. The summed E-state index contributed by atoms with van der Waals surface area (Å²) in [6.45, 7) is 4.03. The summed E-state index contributed by atoms with van der Waals surface area (Å²) in [5.74, 6) is -0.502. The Kier molecular flexibility index (Phi) is 8.13. The van der Waals surface area contributed by atoms with Crippen LogP contribution in [0.3, 0.4) is 0 Å². The van der Waals surface area contributed by atoms with E-state index >= 15 is 0 Å². The maximum Gasteiger partial charge on any atom is 0.323 e. The zero-order valence-corrected chi connectivity index (χ0v) is 18.5. The summed E-state index contributed by atoms with van der Waals surface area (Å²) in [6.07, 6.45) is 5.65. The van der Waals surface area contributed by atoms with Crippen molar-refractivity contribution in [3.05, 3.63) is 53.6 Å². The molecule has 1 aliphatic rings. The van der Waals surface area contributed by atoms with Crippen molar-refractivity contribution in [3.8, 4) is 0 Å². The lowest BCUT2D eigenvalue weighted by molar-refractivity contribution is -0.166. The molecule has 2 aromatic rings. The molecule has 1 aromatic carbocycles. The van der Waals surface area contributed by atoms with Crippen molar-refractivity contribution in [1.82, 2.24) is 15.4 Å². The number of anilines is 2. The zero-order chi connectivity index (χ0) is 23.0. The van der Waals surface area contributed by atoms with E-state index in [1.54, 1.807) is 37.5 Å². The second-order valence-corrected chi connectivity index (χ2v) is 8.27. The maximum atomic E-state index is 14.4. The minimum Gasteiger partial charge on any atom is -0.316 e. The Hall–Kier alpha value is -3.04. The van der Waals surface area contributed by atoms with Crippen LogP contribution in [-0.4, -0.2) is 49.2 Å². The van der Waals surface area contributed by atoms with Gasteiger partial charge in [-0.2, -0.15) is 0 Å². The van der Waals surface area contributed by atoms with Crippen molar-refractivity contribution in [2.24, 2.45) is 5.41 Å². The average molecular weight is 444 g/mol. The fourth-order valence-electron chi connectivity index (χ4n) is 3.96. The van der Waals surface area contributed by atoms with E-state index in [4.69, 9.17) is 4.84 Å². The van der Waals surface area contributed by atoms with Gasteiger partial charge in [-0.15, -0.1) is 0 Å². The van der Waals surface area contributed by atoms with Crippen LogP contribution in [0, 0.1) is 18.2 Å². The van der Waals surface area contributed by atoms with Gasteiger partial charge in [0.1, 0.15) is 5.82 Å². The molecule has 0 spiro atoms. The first kappa shape index (κ1) is 23.6. The molecule has 1 atom stereocenters. The van der Waals surface area contributed by atoms with E-state index in [-0.39, 0.29) is 11.1 Å². The summed E-state index contributed by atoms with van der Waals surface area (Å²) in [5.41, 5.74) is 2.33. The molecule has 0 aliphatic carbocycles.